The molecule has 0 bridgehead atoms. The summed E-state index contributed by atoms with van der Waals surface area (Å²) in [5.41, 5.74) is 4.81. The lowest BCUT2D eigenvalue weighted by Gasteiger charge is -2.34. The molecule has 1 aliphatic carbocycles. The first kappa shape index (κ1) is 21.1. The zero-order valence-corrected chi connectivity index (χ0v) is 18.9. The number of rotatable bonds is 2. The van der Waals surface area contributed by atoms with Gasteiger partial charge < -0.3 is 5.32 Å². The van der Waals surface area contributed by atoms with Crippen LogP contribution >= 0.6 is 23.2 Å². The van der Waals surface area contributed by atoms with Crippen LogP contribution in [0, 0.1) is 0 Å². The Bertz CT molecular complexity index is 1050. The predicted molar refractivity (Wildman–Crippen MR) is 121 cm³/mol. The molecule has 2 aliphatic rings. The molecule has 0 radical (unpaired) electrons. The van der Waals surface area contributed by atoms with Crippen molar-refractivity contribution >= 4 is 34.9 Å². The van der Waals surface area contributed by atoms with Crippen LogP contribution in [-0.4, -0.2) is 11.7 Å². The fraction of sp³-hybridized carbons (Fsp3) is 0.360. The summed E-state index contributed by atoms with van der Waals surface area (Å²) in [6, 6.07) is 13.9. The minimum atomic E-state index is -0.278. The molecule has 1 amide bonds. The normalized spacial score (nSPS) is 22.0. The minimum absolute atomic E-state index is 0.0677. The molecule has 0 aromatic heterocycles. The summed E-state index contributed by atoms with van der Waals surface area (Å²) in [4.78, 5) is 25.7. The zero-order chi connectivity index (χ0) is 21.6. The molecule has 30 heavy (non-hydrogen) atoms. The van der Waals surface area contributed by atoms with E-state index in [1.54, 1.807) is 12.1 Å². The van der Waals surface area contributed by atoms with Crippen molar-refractivity contribution in [2.24, 2.45) is 0 Å². The largest absolute Gasteiger partial charge is 0.329 e. The Hall–Kier alpha value is -2.10. The van der Waals surface area contributed by atoms with Crippen molar-refractivity contribution in [1.82, 2.24) is 5.32 Å². The Balaban J connectivity index is 1.66. The van der Waals surface area contributed by atoms with Crippen molar-refractivity contribution in [3.8, 4) is 0 Å². The molecule has 0 saturated heterocycles. The average Bonchev–Trinajstić information content (AvgIpc) is 2.68. The Kier molecular flexibility index (Phi) is 5.54. The van der Waals surface area contributed by atoms with Gasteiger partial charge in [0.05, 0.1) is 10.0 Å². The van der Waals surface area contributed by atoms with E-state index < -0.39 is 0 Å². The number of halogens is 2. The van der Waals surface area contributed by atoms with E-state index in [0.29, 0.717) is 22.9 Å². The van der Waals surface area contributed by atoms with Crippen LogP contribution in [0.4, 0.5) is 0 Å². The average molecular weight is 442 g/mol. The van der Waals surface area contributed by atoms with Gasteiger partial charge in [-0.05, 0) is 46.6 Å². The number of allylic oxidation sites excluding steroid dienone is 2. The summed E-state index contributed by atoms with van der Waals surface area (Å²) in [6.45, 7) is 6.55. The molecule has 2 unspecified atom stereocenters. The third-order valence-electron chi connectivity index (χ3n) is 6.13. The summed E-state index contributed by atoms with van der Waals surface area (Å²) in [5.74, 6) is -0.183. The quantitative estimate of drug-likeness (QED) is 0.594. The van der Waals surface area contributed by atoms with Gasteiger partial charge in [0.2, 0.25) is 5.91 Å². The first-order chi connectivity index (χ1) is 14.1. The number of benzene rings is 2. The van der Waals surface area contributed by atoms with Gasteiger partial charge >= 0.3 is 0 Å². The SMILES string of the molecule is CC(C)(C)c1ccc(C2CC(=O)C3=C(C2)NC(=O)CC3c2ccc(Cl)c(Cl)c2)cc1. The maximum Gasteiger partial charge on any atom is 0.225 e. The highest BCUT2D eigenvalue weighted by Crippen LogP contribution is 2.43. The van der Waals surface area contributed by atoms with E-state index >= 15 is 0 Å². The molecule has 4 rings (SSSR count). The number of ketones is 1. The van der Waals surface area contributed by atoms with Crippen LogP contribution in [-0.2, 0) is 15.0 Å². The Morgan fingerprint density at radius 3 is 2.17 bits per heavy atom. The number of carbonyl (C=O) groups excluding carboxylic acids is 2. The predicted octanol–water partition coefficient (Wildman–Crippen LogP) is 6.30. The van der Waals surface area contributed by atoms with Gasteiger partial charge in [-0.1, -0.05) is 74.3 Å². The van der Waals surface area contributed by atoms with Gasteiger partial charge in [-0.15, -0.1) is 0 Å². The van der Waals surface area contributed by atoms with Crippen molar-refractivity contribution in [2.75, 3.05) is 0 Å². The van der Waals surface area contributed by atoms with Crippen LogP contribution < -0.4 is 5.32 Å². The highest BCUT2D eigenvalue weighted by molar-refractivity contribution is 6.42. The number of hydrogen-bond donors (Lipinski definition) is 1. The molecule has 1 heterocycles. The van der Waals surface area contributed by atoms with Crippen molar-refractivity contribution in [2.45, 2.75) is 57.3 Å². The summed E-state index contributed by atoms with van der Waals surface area (Å²) in [5, 5.41) is 3.87. The highest BCUT2D eigenvalue weighted by atomic mass is 35.5. The zero-order valence-electron chi connectivity index (χ0n) is 17.4. The summed E-state index contributed by atoms with van der Waals surface area (Å²) >= 11 is 12.2. The van der Waals surface area contributed by atoms with Crippen LogP contribution in [0.15, 0.2) is 53.7 Å². The second kappa shape index (κ2) is 7.86. The molecular formula is C25H25Cl2NO2. The number of Topliss-reactive ketones (excluding diaryl/α,β-unsaturated/α-hetero) is 1. The van der Waals surface area contributed by atoms with Gasteiger partial charge in [-0.25, -0.2) is 0 Å². The number of hydrogen-bond acceptors (Lipinski definition) is 2. The molecule has 156 valence electrons. The van der Waals surface area contributed by atoms with Crippen LogP contribution in [0.25, 0.3) is 0 Å². The lowest BCUT2D eigenvalue weighted by atomic mass is 9.73. The summed E-state index contributed by atoms with van der Waals surface area (Å²) in [7, 11) is 0. The summed E-state index contributed by atoms with van der Waals surface area (Å²) in [6.07, 6.45) is 1.34. The van der Waals surface area contributed by atoms with E-state index in [9.17, 15) is 9.59 Å². The second-order valence-electron chi connectivity index (χ2n) is 9.27. The summed E-state index contributed by atoms with van der Waals surface area (Å²) < 4.78 is 0. The number of carbonyl (C=O) groups is 2. The Morgan fingerprint density at radius 2 is 1.53 bits per heavy atom. The molecule has 0 saturated carbocycles. The van der Waals surface area contributed by atoms with Gasteiger partial charge in [0.1, 0.15) is 0 Å². The molecule has 2 atom stereocenters. The van der Waals surface area contributed by atoms with E-state index in [4.69, 9.17) is 23.2 Å². The van der Waals surface area contributed by atoms with E-state index in [1.165, 1.54) is 5.56 Å². The Morgan fingerprint density at radius 1 is 0.867 bits per heavy atom. The molecule has 5 heteroatoms. The standard InChI is InChI=1S/C25H25Cl2NO2/c1-25(2,3)17-7-4-14(5-8-17)16-11-21-24(22(29)12-16)18(13-23(30)28-21)15-6-9-19(26)20(27)10-15/h4-10,16,18H,11-13H2,1-3H3,(H,28,30). The van der Waals surface area contributed by atoms with Crippen molar-refractivity contribution in [1.29, 1.82) is 0 Å². The molecule has 0 fully saturated rings. The molecule has 0 spiro atoms. The van der Waals surface area contributed by atoms with E-state index in [1.807, 2.05) is 6.07 Å². The van der Waals surface area contributed by atoms with Gasteiger partial charge in [0, 0.05) is 30.0 Å². The van der Waals surface area contributed by atoms with Crippen molar-refractivity contribution in [3.63, 3.8) is 0 Å². The van der Waals surface area contributed by atoms with Gasteiger partial charge in [-0.2, -0.15) is 0 Å². The number of amides is 1. The third kappa shape index (κ3) is 4.06. The van der Waals surface area contributed by atoms with Crippen LogP contribution in [0.5, 0.6) is 0 Å². The van der Waals surface area contributed by atoms with Crippen LogP contribution in [0.2, 0.25) is 10.0 Å². The maximum absolute atomic E-state index is 13.2. The number of nitrogens with one attached hydrogen (secondary N) is 1. The molecule has 2 aromatic rings. The minimum Gasteiger partial charge on any atom is -0.329 e. The van der Waals surface area contributed by atoms with Gasteiger partial charge in [0.25, 0.3) is 0 Å². The Labute approximate surface area is 187 Å². The molecule has 3 nitrogen and oxygen atoms in total. The van der Waals surface area contributed by atoms with Crippen LogP contribution in [0.3, 0.4) is 0 Å². The molecular weight excluding hydrogens is 417 g/mol. The first-order valence-electron chi connectivity index (χ1n) is 10.2. The lowest BCUT2D eigenvalue weighted by molar-refractivity contribution is -0.122. The lowest BCUT2D eigenvalue weighted by Crippen LogP contribution is -2.38. The monoisotopic (exact) mass is 441 g/mol. The van der Waals surface area contributed by atoms with Gasteiger partial charge in [0.15, 0.2) is 5.78 Å². The van der Waals surface area contributed by atoms with Crippen molar-refractivity contribution in [3.05, 3.63) is 80.5 Å². The third-order valence-corrected chi connectivity index (χ3v) is 6.87. The highest BCUT2D eigenvalue weighted by Gasteiger charge is 2.38. The van der Waals surface area contributed by atoms with E-state index in [2.05, 4.69) is 50.4 Å². The maximum atomic E-state index is 13.2. The molecule has 1 aliphatic heterocycles. The first-order valence-corrected chi connectivity index (χ1v) is 11.0. The fourth-order valence-electron chi connectivity index (χ4n) is 4.46. The van der Waals surface area contributed by atoms with E-state index in [0.717, 1.165) is 22.4 Å². The topological polar surface area (TPSA) is 46.2 Å². The molecule has 1 N–H and O–H groups in total. The fourth-order valence-corrected chi connectivity index (χ4v) is 4.77. The van der Waals surface area contributed by atoms with E-state index in [-0.39, 0.29) is 35.4 Å². The smallest absolute Gasteiger partial charge is 0.225 e. The van der Waals surface area contributed by atoms with Gasteiger partial charge in [-0.3, -0.25) is 9.59 Å². The van der Waals surface area contributed by atoms with Crippen LogP contribution in [0.1, 0.15) is 68.6 Å². The second-order valence-corrected chi connectivity index (χ2v) is 10.1. The molecule has 2 aromatic carbocycles. The van der Waals surface area contributed by atoms with Crippen molar-refractivity contribution < 1.29 is 9.59 Å².